The zero-order chi connectivity index (χ0) is 40.8. The molecule has 0 saturated carbocycles. The van der Waals surface area contributed by atoms with Gasteiger partial charge in [0.25, 0.3) is 11.1 Å². The molecule has 0 amide bonds. The van der Waals surface area contributed by atoms with Crippen molar-refractivity contribution in [1.29, 1.82) is 5.26 Å². The summed E-state index contributed by atoms with van der Waals surface area (Å²) in [6.45, 7) is 22.3. The number of nitrogens with one attached hydrogen (secondary N) is 1. The number of nitrogen functional groups attached to an aromatic ring is 1. The molecule has 0 spiro atoms. The van der Waals surface area contributed by atoms with Crippen LogP contribution in [0.4, 0.5) is 23.3 Å². The van der Waals surface area contributed by atoms with Gasteiger partial charge in [0.1, 0.15) is 0 Å². The Morgan fingerprint density at radius 2 is 1.19 bits per heavy atom. The van der Waals surface area contributed by atoms with Crippen molar-refractivity contribution in [3.8, 4) is 28.6 Å². The minimum atomic E-state index is -0.203. The molecular formula is C44H39BrN10O2. The van der Waals surface area contributed by atoms with E-state index in [1.54, 1.807) is 53.1 Å². The lowest BCUT2D eigenvalue weighted by Crippen LogP contribution is -2.25. The summed E-state index contributed by atoms with van der Waals surface area (Å²) in [5.41, 5.74) is 11.3. The van der Waals surface area contributed by atoms with E-state index in [1.165, 1.54) is 16.7 Å². The molecule has 0 aliphatic rings. The van der Waals surface area contributed by atoms with Crippen molar-refractivity contribution in [2.45, 2.75) is 32.4 Å². The highest BCUT2D eigenvalue weighted by molar-refractivity contribution is 9.09. The number of nitriles is 1. The number of hydrogen-bond donors (Lipinski definition) is 2. The Labute approximate surface area is 340 Å². The van der Waals surface area contributed by atoms with E-state index in [0.29, 0.717) is 67.7 Å². The van der Waals surface area contributed by atoms with E-state index < -0.39 is 0 Å². The van der Waals surface area contributed by atoms with Crippen molar-refractivity contribution in [3.63, 3.8) is 0 Å². The molecule has 4 aromatic carbocycles. The standard InChI is InChI=1S/C22H19N5O.C18H14N4O.C4H6BrN/c1-24-19-11-9-18(10-12-19)20-15-21(28)27(16-17-7-3-2-4-8-17)22(26-20)25-14-6-5-13-23;1-20-15-9-7-14(8-10-15)16-11-17(23)22(18(19)21-16)12-13-5-3-2-4-6-13;1-6-4-2-3-5/h2-4,7-12,15H,5-6,14,16H2,(H,25,26);2-11H,12H2,(H2,19,21);2-4H2. The van der Waals surface area contributed by atoms with Crippen molar-refractivity contribution in [3.05, 3.63) is 187 Å². The van der Waals surface area contributed by atoms with Gasteiger partial charge in [0.05, 0.1) is 43.7 Å². The molecule has 6 aromatic rings. The molecule has 0 saturated heterocycles. The van der Waals surface area contributed by atoms with E-state index in [0.717, 1.165) is 34.0 Å². The molecular weight excluding hydrogens is 780 g/mol. The Bertz CT molecular complexity index is 2490. The third-order valence-corrected chi connectivity index (χ3v) is 8.71. The first kappa shape index (κ1) is 42.4. The second-order valence-corrected chi connectivity index (χ2v) is 13.0. The van der Waals surface area contributed by atoms with E-state index in [-0.39, 0.29) is 17.1 Å². The van der Waals surface area contributed by atoms with Crippen LogP contribution in [0.25, 0.3) is 37.0 Å². The third kappa shape index (κ3) is 13.2. The summed E-state index contributed by atoms with van der Waals surface area (Å²) in [6.07, 6.45) is 2.08. The highest BCUT2D eigenvalue weighted by Crippen LogP contribution is 2.23. The highest BCUT2D eigenvalue weighted by Gasteiger charge is 2.12. The molecule has 0 unspecified atom stereocenters. The Morgan fingerprint density at radius 3 is 1.63 bits per heavy atom. The number of benzene rings is 4. The lowest BCUT2D eigenvalue weighted by molar-refractivity contribution is 0.735. The largest absolute Gasteiger partial charge is 0.369 e. The normalized spacial score (nSPS) is 9.84. The molecule has 284 valence electrons. The second-order valence-electron chi connectivity index (χ2n) is 12.2. The molecule has 2 heterocycles. The van der Waals surface area contributed by atoms with Crippen molar-refractivity contribution in [2.24, 2.45) is 0 Å². The first-order valence-corrected chi connectivity index (χ1v) is 18.9. The Kier molecular flexibility index (Phi) is 17.0. The predicted octanol–water partition coefficient (Wildman–Crippen LogP) is 9.01. The average Bonchev–Trinajstić information content (AvgIpc) is 3.25. The number of nitrogens with zero attached hydrogens (tertiary/aromatic N) is 8. The van der Waals surface area contributed by atoms with E-state index >= 15 is 0 Å². The van der Waals surface area contributed by atoms with Crippen LogP contribution in [0, 0.1) is 31.0 Å². The number of rotatable bonds is 12. The maximum absolute atomic E-state index is 12.8. The van der Waals surface area contributed by atoms with E-state index in [1.807, 2.05) is 60.7 Å². The summed E-state index contributed by atoms with van der Waals surface area (Å²) in [7, 11) is 0. The second kappa shape index (κ2) is 22.8. The number of hydrogen-bond acceptors (Lipinski definition) is 7. The number of halogens is 1. The number of aromatic nitrogens is 4. The van der Waals surface area contributed by atoms with Crippen LogP contribution in [0.2, 0.25) is 0 Å². The molecule has 0 radical (unpaired) electrons. The summed E-state index contributed by atoms with van der Waals surface area (Å²) in [6, 6.07) is 38.3. The summed E-state index contributed by atoms with van der Waals surface area (Å²) < 4.78 is 3.03. The van der Waals surface area contributed by atoms with Crippen molar-refractivity contribution >= 4 is 39.2 Å². The average molecular weight is 820 g/mol. The van der Waals surface area contributed by atoms with Gasteiger partial charge in [-0.3, -0.25) is 18.7 Å². The smallest absolute Gasteiger partial charge is 0.255 e. The molecule has 0 atom stereocenters. The van der Waals surface area contributed by atoms with Gasteiger partial charge < -0.3 is 15.9 Å². The third-order valence-electron chi connectivity index (χ3n) is 8.15. The zero-order valence-electron chi connectivity index (χ0n) is 31.1. The summed E-state index contributed by atoms with van der Waals surface area (Å²) >= 11 is 3.21. The number of unbranched alkanes of at least 4 members (excludes halogenated alkanes) is 1. The number of alkyl halides is 1. The SMILES string of the molecule is [C-]#[N+]CCCBr.[C-]#[N+]c1ccc(-c2cc(=O)n(Cc3ccccc3)c(N)n2)cc1.[C-]#[N+]c1ccc(-c2cc(=O)n(Cc3ccccc3)c(NCCCC#N)n2)cc1. The number of nitrogens with two attached hydrogens (primary N) is 1. The van der Waals surface area contributed by atoms with Gasteiger partial charge in [0.15, 0.2) is 11.4 Å². The van der Waals surface area contributed by atoms with Crippen LogP contribution >= 0.6 is 15.9 Å². The maximum atomic E-state index is 12.8. The van der Waals surface area contributed by atoms with Crippen molar-refractivity contribution in [2.75, 3.05) is 29.5 Å². The monoisotopic (exact) mass is 818 g/mol. The van der Waals surface area contributed by atoms with Crippen LogP contribution in [-0.2, 0) is 13.1 Å². The van der Waals surface area contributed by atoms with Gasteiger partial charge >= 0.3 is 0 Å². The molecule has 57 heavy (non-hydrogen) atoms. The molecule has 6 rings (SSSR count). The lowest BCUT2D eigenvalue weighted by atomic mass is 10.1. The molecule has 0 bridgehead atoms. The molecule has 3 N–H and O–H groups in total. The van der Waals surface area contributed by atoms with Gasteiger partial charge in [-0.25, -0.2) is 26.2 Å². The van der Waals surface area contributed by atoms with Gasteiger partial charge in [-0.1, -0.05) is 125 Å². The number of anilines is 2. The first-order chi connectivity index (χ1) is 27.8. The van der Waals surface area contributed by atoms with Gasteiger partial charge in [-0.2, -0.15) is 5.26 Å². The predicted molar refractivity (Wildman–Crippen MR) is 229 cm³/mol. The van der Waals surface area contributed by atoms with Crippen LogP contribution in [-0.4, -0.2) is 37.5 Å². The van der Waals surface area contributed by atoms with Crippen LogP contribution < -0.4 is 22.2 Å². The highest BCUT2D eigenvalue weighted by atomic mass is 79.9. The summed E-state index contributed by atoms with van der Waals surface area (Å²) in [4.78, 5) is 44.0. The molecule has 2 aromatic heterocycles. The maximum Gasteiger partial charge on any atom is 0.255 e. The van der Waals surface area contributed by atoms with Crippen molar-refractivity contribution in [1.82, 2.24) is 19.1 Å². The van der Waals surface area contributed by atoms with Gasteiger partial charge in [-0.15, -0.1) is 0 Å². The van der Waals surface area contributed by atoms with Crippen LogP contribution in [0.15, 0.2) is 131 Å². The van der Waals surface area contributed by atoms with Gasteiger partial charge in [-0.05, 0) is 28.7 Å². The Balaban J connectivity index is 0.000000224. The minimum absolute atomic E-state index is 0.161. The van der Waals surface area contributed by atoms with E-state index in [2.05, 4.69) is 51.8 Å². The fraction of sp³-hybridized carbons (Fsp3) is 0.182. The Morgan fingerprint density at radius 1 is 0.702 bits per heavy atom. The molecule has 0 aliphatic heterocycles. The topological polar surface area (TPSA) is 145 Å². The summed E-state index contributed by atoms with van der Waals surface area (Å²) in [5, 5.41) is 12.9. The molecule has 0 fully saturated rings. The quantitative estimate of drug-likeness (QED) is 0.0713. The Hall–Kier alpha value is -7.32. The van der Waals surface area contributed by atoms with Gasteiger partial charge in [0.2, 0.25) is 18.4 Å². The van der Waals surface area contributed by atoms with Crippen molar-refractivity contribution < 1.29 is 0 Å². The van der Waals surface area contributed by atoms with Crippen LogP contribution in [0.3, 0.4) is 0 Å². The van der Waals surface area contributed by atoms with Gasteiger partial charge in [0, 0.05) is 36.8 Å². The molecule has 0 aliphatic carbocycles. The first-order valence-electron chi connectivity index (χ1n) is 17.8. The molecule has 12 nitrogen and oxygen atoms in total. The molecule has 13 heteroatoms. The summed E-state index contributed by atoms with van der Waals surface area (Å²) in [5.74, 6) is 0.643. The van der Waals surface area contributed by atoms with Crippen LogP contribution in [0.1, 0.15) is 30.4 Å². The van der Waals surface area contributed by atoms with E-state index in [9.17, 15) is 9.59 Å². The lowest BCUT2D eigenvalue weighted by Gasteiger charge is -2.15. The fourth-order valence-electron chi connectivity index (χ4n) is 5.22. The minimum Gasteiger partial charge on any atom is -0.369 e. The van der Waals surface area contributed by atoms with E-state index in [4.69, 9.17) is 30.7 Å². The van der Waals surface area contributed by atoms with Crippen LogP contribution in [0.5, 0.6) is 0 Å². The fourth-order valence-corrected chi connectivity index (χ4v) is 5.47. The zero-order valence-corrected chi connectivity index (χ0v) is 32.6.